The topological polar surface area (TPSA) is 44.2 Å². The summed E-state index contributed by atoms with van der Waals surface area (Å²) in [5.74, 6) is 2.53. The van der Waals surface area contributed by atoms with Crippen LogP contribution >= 0.6 is 11.8 Å². The average Bonchev–Trinajstić information content (AvgIpc) is 2.73. The number of aromatic nitrogens is 2. The van der Waals surface area contributed by atoms with E-state index in [1.54, 1.807) is 18.9 Å². The predicted octanol–water partition coefficient (Wildman–Crippen LogP) is 5.34. The summed E-state index contributed by atoms with van der Waals surface area (Å²) in [5.41, 5.74) is 4.33. The Morgan fingerprint density at radius 1 is 1.07 bits per heavy atom. The summed E-state index contributed by atoms with van der Waals surface area (Å²) < 4.78 is 11.5. The Kier molecular flexibility index (Phi) is 5.88. The van der Waals surface area contributed by atoms with Crippen LogP contribution < -0.4 is 4.74 Å². The molecule has 2 aromatic carbocycles. The van der Waals surface area contributed by atoms with Crippen molar-refractivity contribution in [1.82, 2.24) is 9.97 Å². The molecule has 0 atom stereocenters. The molecule has 0 saturated heterocycles. The first-order valence-electron chi connectivity index (χ1n) is 9.89. The highest BCUT2D eigenvalue weighted by Gasteiger charge is 2.30. The maximum absolute atomic E-state index is 6.07. The van der Waals surface area contributed by atoms with Gasteiger partial charge in [0, 0.05) is 23.3 Å². The lowest BCUT2D eigenvalue weighted by Gasteiger charge is -2.32. The number of aryl methyl sites for hydroxylation is 1. The van der Waals surface area contributed by atoms with Gasteiger partial charge in [-0.15, -0.1) is 11.8 Å². The van der Waals surface area contributed by atoms with Crippen molar-refractivity contribution in [3.8, 4) is 17.1 Å². The quantitative estimate of drug-likeness (QED) is 0.408. The first-order valence-corrected chi connectivity index (χ1v) is 10.9. The van der Waals surface area contributed by atoms with Gasteiger partial charge >= 0.3 is 0 Å². The fourth-order valence-corrected chi connectivity index (χ4v) is 4.47. The summed E-state index contributed by atoms with van der Waals surface area (Å²) in [7, 11) is 1.68. The fourth-order valence-electron chi connectivity index (χ4n) is 3.44. The highest BCUT2D eigenvalue weighted by atomic mass is 32.2. The largest absolute Gasteiger partial charge is 0.497 e. The van der Waals surface area contributed by atoms with Crippen molar-refractivity contribution >= 4 is 11.8 Å². The standard InChI is InChI=1S/C24H26N2O2S/c1-24(2)15-21-20(16-28-24)23(29-13-12-17-8-5-4-6-9-17)26-22(25-21)18-10-7-11-19(14-18)27-3/h4-11,14H,12-13,15-16H2,1-3H3. The van der Waals surface area contributed by atoms with Gasteiger partial charge in [-0.3, -0.25) is 0 Å². The molecule has 4 nitrogen and oxygen atoms in total. The second-order valence-electron chi connectivity index (χ2n) is 7.82. The number of ether oxygens (including phenoxy) is 2. The molecule has 0 unspecified atom stereocenters. The molecular weight excluding hydrogens is 380 g/mol. The van der Waals surface area contributed by atoms with Gasteiger partial charge in [-0.05, 0) is 38.0 Å². The van der Waals surface area contributed by atoms with Gasteiger partial charge in [0.15, 0.2) is 5.82 Å². The van der Waals surface area contributed by atoms with Gasteiger partial charge in [0.1, 0.15) is 10.8 Å². The lowest BCUT2D eigenvalue weighted by molar-refractivity contribution is -0.0428. The van der Waals surface area contributed by atoms with E-state index < -0.39 is 0 Å². The van der Waals surface area contributed by atoms with E-state index >= 15 is 0 Å². The molecule has 1 aliphatic heterocycles. The zero-order chi connectivity index (χ0) is 20.3. The third-order valence-electron chi connectivity index (χ3n) is 5.06. The van der Waals surface area contributed by atoms with Crippen molar-refractivity contribution in [2.45, 2.75) is 43.9 Å². The summed E-state index contributed by atoms with van der Waals surface area (Å²) >= 11 is 1.79. The summed E-state index contributed by atoms with van der Waals surface area (Å²) in [6, 6.07) is 18.5. The van der Waals surface area contributed by atoms with Crippen LogP contribution in [0.25, 0.3) is 11.4 Å². The van der Waals surface area contributed by atoms with Gasteiger partial charge in [0.25, 0.3) is 0 Å². The van der Waals surface area contributed by atoms with Gasteiger partial charge in [0.2, 0.25) is 0 Å². The van der Waals surface area contributed by atoms with Crippen LogP contribution in [0, 0.1) is 0 Å². The monoisotopic (exact) mass is 406 g/mol. The number of benzene rings is 2. The molecule has 3 aromatic rings. The molecule has 0 amide bonds. The van der Waals surface area contributed by atoms with Crippen LogP contribution in [0.2, 0.25) is 0 Å². The Morgan fingerprint density at radius 3 is 2.69 bits per heavy atom. The zero-order valence-corrected chi connectivity index (χ0v) is 18.0. The maximum atomic E-state index is 6.07. The number of rotatable bonds is 6. The van der Waals surface area contributed by atoms with E-state index in [1.807, 2.05) is 24.3 Å². The maximum Gasteiger partial charge on any atom is 0.160 e. The molecule has 0 N–H and O–H groups in total. The van der Waals surface area contributed by atoms with E-state index in [-0.39, 0.29) is 5.60 Å². The molecule has 1 aliphatic rings. The highest BCUT2D eigenvalue weighted by molar-refractivity contribution is 7.99. The lowest BCUT2D eigenvalue weighted by atomic mass is 9.96. The lowest BCUT2D eigenvalue weighted by Crippen LogP contribution is -2.33. The third-order valence-corrected chi connectivity index (χ3v) is 6.07. The van der Waals surface area contributed by atoms with Crippen molar-refractivity contribution in [3.63, 3.8) is 0 Å². The SMILES string of the molecule is COc1cccc(-c2nc3c(c(SCCc4ccccc4)n2)COC(C)(C)C3)c1. The van der Waals surface area contributed by atoms with Gasteiger partial charge in [-0.25, -0.2) is 9.97 Å². The van der Waals surface area contributed by atoms with Crippen molar-refractivity contribution < 1.29 is 9.47 Å². The fraction of sp³-hybridized carbons (Fsp3) is 0.333. The van der Waals surface area contributed by atoms with Crippen molar-refractivity contribution in [2.75, 3.05) is 12.9 Å². The molecule has 0 radical (unpaired) electrons. The van der Waals surface area contributed by atoms with Crippen molar-refractivity contribution in [1.29, 1.82) is 0 Å². The van der Waals surface area contributed by atoms with Crippen LogP contribution in [0.4, 0.5) is 0 Å². The van der Waals surface area contributed by atoms with E-state index in [0.717, 1.165) is 52.0 Å². The number of hydrogen-bond acceptors (Lipinski definition) is 5. The van der Waals surface area contributed by atoms with Crippen LogP contribution in [0.3, 0.4) is 0 Å². The Labute approximate surface area is 176 Å². The average molecular weight is 407 g/mol. The number of methoxy groups -OCH3 is 1. The summed E-state index contributed by atoms with van der Waals surface area (Å²) in [6.07, 6.45) is 1.79. The Balaban J connectivity index is 1.65. The minimum absolute atomic E-state index is 0.209. The molecule has 2 heterocycles. The molecule has 29 heavy (non-hydrogen) atoms. The van der Waals surface area contributed by atoms with Gasteiger partial charge in [0.05, 0.1) is 25.0 Å². The van der Waals surface area contributed by atoms with Crippen LogP contribution in [-0.2, 0) is 24.2 Å². The van der Waals surface area contributed by atoms with Crippen molar-refractivity contribution in [2.24, 2.45) is 0 Å². The number of nitrogens with zero attached hydrogens (tertiary/aromatic N) is 2. The number of thioether (sulfide) groups is 1. The highest BCUT2D eigenvalue weighted by Crippen LogP contribution is 2.34. The van der Waals surface area contributed by atoms with E-state index in [4.69, 9.17) is 19.4 Å². The molecule has 0 aliphatic carbocycles. The van der Waals surface area contributed by atoms with Gasteiger partial charge < -0.3 is 9.47 Å². The molecule has 0 saturated carbocycles. The third kappa shape index (κ3) is 4.80. The second-order valence-corrected chi connectivity index (χ2v) is 8.90. The first-order chi connectivity index (χ1) is 14.0. The smallest absolute Gasteiger partial charge is 0.160 e. The van der Waals surface area contributed by atoms with Crippen LogP contribution in [-0.4, -0.2) is 28.4 Å². The van der Waals surface area contributed by atoms with E-state index in [1.165, 1.54) is 5.56 Å². The zero-order valence-electron chi connectivity index (χ0n) is 17.1. The van der Waals surface area contributed by atoms with Crippen LogP contribution in [0.1, 0.15) is 30.7 Å². The number of fused-ring (bicyclic) bond motifs is 1. The molecule has 0 fully saturated rings. The van der Waals surface area contributed by atoms with E-state index in [9.17, 15) is 0 Å². The number of hydrogen-bond donors (Lipinski definition) is 0. The van der Waals surface area contributed by atoms with Crippen molar-refractivity contribution in [3.05, 3.63) is 71.4 Å². The Bertz CT molecular complexity index is 989. The van der Waals surface area contributed by atoms with Gasteiger partial charge in [-0.2, -0.15) is 0 Å². The van der Waals surface area contributed by atoms with Crippen LogP contribution in [0.15, 0.2) is 59.6 Å². The second kappa shape index (κ2) is 8.56. The molecule has 0 spiro atoms. The molecular formula is C24H26N2O2S. The van der Waals surface area contributed by atoms with E-state index in [0.29, 0.717) is 6.61 Å². The molecule has 5 heteroatoms. The van der Waals surface area contributed by atoms with Gasteiger partial charge in [-0.1, -0.05) is 42.5 Å². The summed E-state index contributed by atoms with van der Waals surface area (Å²) in [4.78, 5) is 9.85. The molecule has 0 bridgehead atoms. The molecule has 1 aromatic heterocycles. The summed E-state index contributed by atoms with van der Waals surface area (Å²) in [6.45, 7) is 4.80. The van der Waals surface area contributed by atoms with E-state index in [2.05, 4.69) is 44.2 Å². The molecule has 4 rings (SSSR count). The first kappa shape index (κ1) is 19.9. The molecule has 150 valence electrons. The Morgan fingerprint density at radius 2 is 1.90 bits per heavy atom. The minimum Gasteiger partial charge on any atom is -0.497 e. The normalized spacial score (nSPS) is 15.0. The summed E-state index contributed by atoms with van der Waals surface area (Å²) in [5, 5.41) is 1.03. The predicted molar refractivity (Wildman–Crippen MR) is 117 cm³/mol. The van der Waals surface area contributed by atoms with Crippen LogP contribution in [0.5, 0.6) is 5.75 Å². The minimum atomic E-state index is -0.209. The Hall–Kier alpha value is -2.37.